The maximum atomic E-state index is 12.1. The molecule has 0 unspecified atom stereocenters. The third kappa shape index (κ3) is 4.90. The number of fused-ring (bicyclic) bond motifs is 1. The molecule has 0 saturated carbocycles. The quantitative estimate of drug-likeness (QED) is 0.365. The Kier molecular flexibility index (Phi) is 7.80. The van der Waals surface area contributed by atoms with Crippen LogP contribution in [0.1, 0.15) is 45.2 Å². The summed E-state index contributed by atoms with van der Waals surface area (Å²) in [6.45, 7) is 3.59. The Bertz CT molecular complexity index is 1040. The van der Waals surface area contributed by atoms with Crippen LogP contribution in [0.3, 0.4) is 0 Å². The number of carbonyl (C=O) groups excluding carboxylic acids is 2. The van der Waals surface area contributed by atoms with E-state index in [0.717, 1.165) is 25.6 Å². The molecule has 1 saturated heterocycles. The van der Waals surface area contributed by atoms with E-state index in [1.807, 2.05) is 13.0 Å². The minimum atomic E-state index is -2.00. The highest BCUT2D eigenvalue weighted by atomic mass is 16.6. The van der Waals surface area contributed by atoms with Crippen molar-refractivity contribution in [3.05, 3.63) is 24.2 Å². The number of hydrogen-bond donors (Lipinski definition) is 3. The zero-order valence-corrected chi connectivity index (χ0v) is 18.4. The molecule has 1 fully saturated rings. The number of nitrogens with one attached hydrogen (secondary N) is 1. The van der Waals surface area contributed by atoms with Crippen LogP contribution < -0.4 is 5.32 Å². The van der Waals surface area contributed by atoms with E-state index in [-0.39, 0.29) is 31.1 Å². The number of hydrogen-bond acceptors (Lipinski definition) is 10. The third-order valence-corrected chi connectivity index (χ3v) is 5.36. The number of aliphatic hydroxyl groups excluding tert-OH is 2. The molecule has 1 aliphatic heterocycles. The van der Waals surface area contributed by atoms with E-state index in [2.05, 4.69) is 15.4 Å². The summed E-state index contributed by atoms with van der Waals surface area (Å²) in [5.74, 6) is -0.376. The fourth-order valence-electron chi connectivity index (χ4n) is 3.55. The molecule has 3 heterocycles. The second-order valence-corrected chi connectivity index (χ2v) is 7.57. The average molecular weight is 461 g/mol. The van der Waals surface area contributed by atoms with Crippen LogP contribution in [0.15, 0.2) is 18.5 Å². The maximum Gasteiger partial charge on any atom is 0.412 e. The highest BCUT2D eigenvalue weighted by molar-refractivity contribution is 5.88. The lowest BCUT2D eigenvalue weighted by Crippen LogP contribution is -2.41. The molecule has 0 radical (unpaired) electrons. The van der Waals surface area contributed by atoms with E-state index in [1.165, 1.54) is 16.6 Å². The Balaban J connectivity index is 1.84. The number of anilines is 1. The molecule has 3 rings (SSSR count). The molecule has 1 amide bonds. The van der Waals surface area contributed by atoms with E-state index >= 15 is 0 Å². The first kappa shape index (κ1) is 24.4. The first-order chi connectivity index (χ1) is 15.9. The van der Waals surface area contributed by atoms with Gasteiger partial charge in [0.1, 0.15) is 42.8 Å². The maximum absolute atomic E-state index is 12.1. The number of aromatic nitrogens is 3. The zero-order chi connectivity index (χ0) is 24.0. The van der Waals surface area contributed by atoms with E-state index in [4.69, 9.17) is 14.2 Å². The number of unbranched alkanes of at least 4 members (excludes halogenated alkanes) is 2. The van der Waals surface area contributed by atoms with Gasteiger partial charge in [0.15, 0.2) is 5.82 Å². The number of aliphatic hydroxyl groups is 2. The predicted octanol–water partition coefficient (Wildman–Crippen LogP) is 1.26. The number of esters is 1. The lowest BCUT2D eigenvalue weighted by molar-refractivity contribution is -0.150. The van der Waals surface area contributed by atoms with Gasteiger partial charge in [-0.3, -0.25) is 10.1 Å². The topological polar surface area (TPSA) is 168 Å². The molecule has 12 nitrogen and oxygen atoms in total. The molecule has 33 heavy (non-hydrogen) atoms. The Morgan fingerprint density at radius 2 is 2.09 bits per heavy atom. The van der Waals surface area contributed by atoms with Gasteiger partial charge in [0.05, 0.1) is 12.3 Å². The second kappa shape index (κ2) is 10.6. The summed E-state index contributed by atoms with van der Waals surface area (Å²) in [5, 5.41) is 37.7. The highest BCUT2D eigenvalue weighted by Crippen LogP contribution is 2.40. The van der Waals surface area contributed by atoms with Crippen molar-refractivity contribution in [3.63, 3.8) is 0 Å². The van der Waals surface area contributed by atoms with Gasteiger partial charge in [-0.1, -0.05) is 26.7 Å². The minimum Gasteiger partial charge on any atom is -0.463 e. The minimum absolute atomic E-state index is 0.109. The zero-order valence-electron chi connectivity index (χ0n) is 18.4. The number of rotatable bonds is 9. The SMILES string of the molecule is CCCCCOC(=O)Nc1ncnn2c([C@]3(C#N)O[C@H](COC(=O)CC)[C@@H](O)[C@H]3O)ccc12. The first-order valence-corrected chi connectivity index (χ1v) is 10.8. The molecule has 2 aromatic heterocycles. The van der Waals surface area contributed by atoms with E-state index in [0.29, 0.717) is 5.52 Å². The van der Waals surface area contributed by atoms with Gasteiger partial charge in [-0.15, -0.1) is 0 Å². The molecule has 3 N–H and O–H groups in total. The van der Waals surface area contributed by atoms with Gasteiger partial charge in [-0.2, -0.15) is 10.4 Å². The Morgan fingerprint density at radius 3 is 2.79 bits per heavy atom. The van der Waals surface area contributed by atoms with E-state index in [9.17, 15) is 25.1 Å². The number of ether oxygens (including phenoxy) is 3. The monoisotopic (exact) mass is 461 g/mol. The van der Waals surface area contributed by atoms with Crippen molar-refractivity contribution >= 4 is 23.4 Å². The molecule has 178 valence electrons. The van der Waals surface area contributed by atoms with Crippen molar-refractivity contribution in [3.8, 4) is 6.07 Å². The summed E-state index contributed by atoms with van der Waals surface area (Å²) in [6, 6.07) is 4.93. The molecule has 12 heteroatoms. The van der Waals surface area contributed by atoms with Crippen LogP contribution in [-0.2, 0) is 24.6 Å². The lowest BCUT2D eigenvalue weighted by Gasteiger charge is -2.24. The molecule has 0 bridgehead atoms. The second-order valence-electron chi connectivity index (χ2n) is 7.57. The van der Waals surface area contributed by atoms with E-state index < -0.39 is 36.0 Å². The summed E-state index contributed by atoms with van der Waals surface area (Å²) in [4.78, 5) is 27.6. The first-order valence-electron chi connectivity index (χ1n) is 10.8. The highest BCUT2D eigenvalue weighted by Gasteiger charge is 2.57. The van der Waals surface area contributed by atoms with Crippen molar-refractivity contribution in [1.82, 2.24) is 14.6 Å². The van der Waals surface area contributed by atoms with Crippen LogP contribution in [0.2, 0.25) is 0 Å². The molecular formula is C21H27N5O7. The molecular weight excluding hydrogens is 434 g/mol. The summed E-state index contributed by atoms with van der Waals surface area (Å²) in [5.41, 5.74) is -1.57. The van der Waals surface area contributed by atoms with E-state index in [1.54, 1.807) is 6.92 Å². The molecule has 0 aliphatic carbocycles. The number of nitriles is 1. The van der Waals surface area contributed by atoms with Crippen molar-refractivity contribution < 1.29 is 34.0 Å². The third-order valence-electron chi connectivity index (χ3n) is 5.36. The van der Waals surface area contributed by atoms with Crippen molar-refractivity contribution in [1.29, 1.82) is 5.26 Å². The van der Waals surface area contributed by atoms with Crippen LogP contribution in [-0.4, -0.2) is 68.4 Å². The van der Waals surface area contributed by atoms with Crippen molar-refractivity contribution in [2.24, 2.45) is 0 Å². The number of amides is 1. The molecule has 1 aliphatic rings. The molecule has 0 aromatic carbocycles. The molecule has 2 aromatic rings. The molecule has 4 atom stereocenters. The fraction of sp³-hybridized carbons (Fsp3) is 0.571. The summed E-state index contributed by atoms with van der Waals surface area (Å²) < 4.78 is 17.2. The Morgan fingerprint density at radius 1 is 1.30 bits per heavy atom. The smallest absolute Gasteiger partial charge is 0.412 e. The van der Waals surface area contributed by atoms with Crippen LogP contribution >= 0.6 is 0 Å². The summed E-state index contributed by atoms with van der Waals surface area (Å²) >= 11 is 0. The van der Waals surface area contributed by atoms with Gasteiger partial charge in [0, 0.05) is 6.42 Å². The van der Waals surface area contributed by atoms with Crippen molar-refractivity contribution in [2.75, 3.05) is 18.5 Å². The van der Waals surface area contributed by atoms with Gasteiger partial charge in [0.2, 0.25) is 5.60 Å². The Hall–Kier alpha value is -3.27. The van der Waals surface area contributed by atoms with Crippen LogP contribution in [0.5, 0.6) is 0 Å². The van der Waals surface area contributed by atoms with Gasteiger partial charge >= 0.3 is 12.1 Å². The van der Waals surface area contributed by atoms with Gasteiger partial charge in [0.25, 0.3) is 0 Å². The number of carbonyl (C=O) groups is 2. The normalized spacial score (nSPS) is 24.4. The average Bonchev–Trinajstić information content (AvgIpc) is 3.36. The van der Waals surface area contributed by atoms with Crippen molar-refractivity contribution in [2.45, 2.75) is 63.4 Å². The number of nitrogens with zero attached hydrogens (tertiary/aromatic N) is 4. The summed E-state index contributed by atoms with van der Waals surface area (Å²) in [6.07, 6.45) is -0.981. The summed E-state index contributed by atoms with van der Waals surface area (Å²) in [7, 11) is 0. The lowest BCUT2D eigenvalue weighted by atomic mass is 9.92. The van der Waals surface area contributed by atoms with Crippen LogP contribution in [0.4, 0.5) is 10.6 Å². The molecule has 0 spiro atoms. The largest absolute Gasteiger partial charge is 0.463 e. The van der Waals surface area contributed by atoms with Gasteiger partial charge < -0.3 is 24.4 Å². The Labute approximate surface area is 190 Å². The predicted molar refractivity (Wildman–Crippen MR) is 113 cm³/mol. The van der Waals surface area contributed by atoms with Crippen LogP contribution in [0, 0.1) is 11.3 Å². The van der Waals surface area contributed by atoms with Gasteiger partial charge in [-0.25, -0.2) is 14.3 Å². The van der Waals surface area contributed by atoms with Crippen LogP contribution in [0.25, 0.3) is 5.52 Å². The van der Waals surface area contributed by atoms with Gasteiger partial charge in [-0.05, 0) is 18.6 Å². The fourth-order valence-corrected chi connectivity index (χ4v) is 3.55. The standard InChI is InChI=1S/C21H27N5O7/c1-3-5-6-9-31-20(30)25-19-13-7-8-15(26(13)24-12-23-19)21(11-22)18(29)17(28)14(33-21)10-32-16(27)4-2/h7-8,12,14,17-18,28-29H,3-6,9-10H2,1-2H3,(H,23,24,25,30)/t14-,17-,18-,21+/m1/s1.